The minimum Gasteiger partial charge on any atom is -0.773 e. The van der Waals surface area contributed by atoms with E-state index in [1.165, 1.54) is 0 Å². The van der Waals surface area contributed by atoms with Gasteiger partial charge in [-0.25, -0.2) is 0 Å². The van der Waals surface area contributed by atoms with Crippen molar-refractivity contribution in [2.24, 2.45) is 0 Å². The second-order valence-electron chi connectivity index (χ2n) is 1.82. The summed E-state index contributed by atoms with van der Waals surface area (Å²) in [4.78, 5) is 0. The van der Waals surface area contributed by atoms with Gasteiger partial charge in [-0.15, -0.1) is 0 Å². The lowest BCUT2D eigenvalue weighted by Crippen LogP contribution is -1.73. The molecule has 2 nitrogen and oxygen atoms in total. The molecule has 0 spiro atoms. The van der Waals surface area contributed by atoms with Gasteiger partial charge in [0, 0.05) is 0 Å². The van der Waals surface area contributed by atoms with Crippen LogP contribution in [0.2, 0.25) is 10.0 Å². The van der Waals surface area contributed by atoms with E-state index in [-0.39, 0.29) is 0 Å². The summed E-state index contributed by atoms with van der Waals surface area (Å²) in [6.45, 7) is 0. The Morgan fingerprint density at radius 3 is 1.67 bits per heavy atom. The van der Waals surface area contributed by atoms with Crippen LogP contribution in [-0.2, 0) is 11.1 Å². The number of hydrogen-bond donors (Lipinski definition) is 0. The first kappa shape index (κ1) is 11.9. The minimum absolute atomic E-state index is 0.606. The summed E-state index contributed by atoms with van der Waals surface area (Å²) < 4.78 is 18.0. The molecule has 1 atom stereocenters. The molecule has 0 saturated carbocycles. The standard InChI is InChI=1S/C6H4Cl2.CH4O2S/c7-5-3-1-2-4-6(5)8;1-4(2)3/h1-4H;1H3,(H,2,3)/p-1. The molecule has 0 heterocycles. The van der Waals surface area contributed by atoms with E-state index in [0.29, 0.717) is 10.0 Å². The van der Waals surface area contributed by atoms with E-state index in [1.54, 1.807) is 12.1 Å². The summed E-state index contributed by atoms with van der Waals surface area (Å²) in [5.74, 6) is 0. The molecular weight excluding hydrogens is 219 g/mol. The smallest absolute Gasteiger partial charge is 0.0592 e. The third kappa shape index (κ3) is 6.61. The number of halogens is 2. The fraction of sp³-hybridized carbons (Fsp3) is 0.143. The maximum atomic E-state index is 9.00. The Labute approximate surface area is 83.8 Å². The second kappa shape index (κ2) is 6.43. The molecule has 0 fully saturated rings. The van der Waals surface area contributed by atoms with Crippen LogP contribution >= 0.6 is 23.2 Å². The summed E-state index contributed by atoms with van der Waals surface area (Å²) in [5.41, 5.74) is 0. The molecule has 5 heteroatoms. The topological polar surface area (TPSA) is 40.1 Å². The molecule has 68 valence electrons. The van der Waals surface area contributed by atoms with Crippen LogP contribution in [0, 0.1) is 0 Å². The fourth-order valence-corrected chi connectivity index (χ4v) is 0.711. The van der Waals surface area contributed by atoms with Gasteiger partial charge in [-0.1, -0.05) is 46.4 Å². The SMILES string of the molecule is CS(=O)[O-].Clc1ccccc1Cl. The molecule has 0 radical (unpaired) electrons. The van der Waals surface area contributed by atoms with Gasteiger partial charge in [0.2, 0.25) is 0 Å². The van der Waals surface area contributed by atoms with Crippen molar-refractivity contribution in [3.8, 4) is 0 Å². The molecule has 0 amide bonds. The molecule has 0 aliphatic heterocycles. The van der Waals surface area contributed by atoms with E-state index >= 15 is 0 Å². The zero-order valence-corrected chi connectivity index (χ0v) is 8.62. The average Bonchev–Trinajstić information content (AvgIpc) is 1.94. The van der Waals surface area contributed by atoms with Crippen LogP contribution in [0.1, 0.15) is 0 Å². The zero-order valence-electron chi connectivity index (χ0n) is 6.29. The first-order valence-corrected chi connectivity index (χ1v) is 5.19. The maximum absolute atomic E-state index is 9.00. The predicted molar refractivity (Wildman–Crippen MR) is 51.3 cm³/mol. The Balaban J connectivity index is 0.000000261. The monoisotopic (exact) mass is 225 g/mol. The Morgan fingerprint density at radius 1 is 1.25 bits per heavy atom. The van der Waals surface area contributed by atoms with Crippen LogP contribution in [0.5, 0.6) is 0 Å². The van der Waals surface area contributed by atoms with Crippen molar-refractivity contribution < 1.29 is 8.76 Å². The Hall–Kier alpha value is -0.0900. The minimum atomic E-state index is -1.86. The molecule has 1 aromatic carbocycles. The first-order valence-electron chi connectivity index (χ1n) is 2.95. The van der Waals surface area contributed by atoms with Crippen molar-refractivity contribution in [2.75, 3.05) is 6.26 Å². The van der Waals surface area contributed by atoms with E-state index in [4.69, 9.17) is 32.0 Å². The lowest BCUT2D eigenvalue weighted by molar-refractivity contribution is 0.543. The van der Waals surface area contributed by atoms with Gasteiger partial charge in [0.1, 0.15) is 0 Å². The van der Waals surface area contributed by atoms with Crippen LogP contribution in [-0.4, -0.2) is 15.0 Å². The van der Waals surface area contributed by atoms with Gasteiger partial charge in [0.25, 0.3) is 0 Å². The van der Waals surface area contributed by atoms with Gasteiger partial charge in [0.05, 0.1) is 10.0 Å². The van der Waals surface area contributed by atoms with Gasteiger partial charge in [-0.05, 0) is 18.4 Å². The normalized spacial score (nSPS) is 11.3. The lowest BCUT2D eigenvalue weighted by Gasteiger charge is -1.88. The molecule has 0 N–H and O–H groups in total. The highest BCUT2D eigenvalue weighted by Gasteiger charge is 1.89. The average molecular weight is 226 g/mol. The zero-order chi connectivity index (χ0) is 9.56. The van der Waals surface area contributed by atoms with Gasteiger partial charge in [-0.3, -0.25) is 4.21 Å². The van der Waals surface area contributed by atoms with E-state index in [9.17, 15) is 0 Å². The lowest BCUT2D eigenvalue weighted by atomic mass is 10.4. The fourth-order valence-electron chi connectivity index (χ4n) is 0.439. The van der Waals surface area contributed by atoms with Gasteiger partial charge in [-0.2, -0.15) is 0 Å². The number of hydrogen-bond acceptors (Lipinski definition) is 2. The maximum Gasteiger partial charge on any atom is 0.0592 e. The second-order valence-corrected chi connectivity index (χ2v) is 3.43. The summed E-state index contributed by atoms with van der Waals surface area (Å²) in [7, 11) is 0. The van der Waals surface area contributed by atoms with Gasteiger partial charge in [0.15, 0.2) is 0 Å². The van der Waals surface area contributed by atoms with Crippen LogP contribution in [0.3, 0.4) is 0 Å². The van der Waals surface area contributed by atoms with E-state index in [1.807, 2.05) is 12.1 Å². The highest BCUT2D eigenvalue weighted by Crippen LogP contribution is 2.19. The molecule has 0 aliphatic rings. The van der Waals surface area contributed by atoms with Gasteiger partial charge >= 0.3 is 0 Å². The summed E-state index contributed by atoms with van der Waals surface area (Å²) >= 11 is 9.29. The van der Waals surface area contributed by atoms with E-state index in [0.717, 1.165) is 6.26 Å². The molecule has 0 aromatic heterocycles. The molecule has 0 bridgehead atoms. The van der Waals surface area contributed by atoms with E-state index < -0.39 is 11.1 Å². The van der Waals surface area contributed by atoms with Gasteiger partial charge < -0.3 is 4.55 Å². The molecular formula is C7H7Cl2O2S-. The third-order valence-corrected chi connectivity index (χ3v) is 1.58. The predicted octanol–water partition coefficient (Wildman–Crippen LogP) is 2.49. The van der Waals surface area contributed by atoms with E-state index in [2.05, 4.69) is 0 Å². The summed E-state index contributed by atoms with van der Waals surface area (Å²) in [5, 5.41) is 1.21. The molecule has 1 unspecified atom stereocenters. The summed E-state index contributed by atoms with van der Waals surface area (Å²) in [6, 6.07) is 7.19. The van der Waals surface area contributed by atoms with Crippen molar-refractivity contribution in [1.29, 1.82) is 0 Å². The summed E-state index contributed by atoms with van der Waals surface area (Å²) in [6.07, 6.45) is 1.08. The van der Waals surface area contributed by atoms with Crippen LogP contribution < -0.4 is 0 Å². The number of rotatable bonds is 0. The van der Waals surface area contributed by atoms with Crippen LogP contribution in [0.15, 0.2) is 24.3 Å². The molecule has 1 rings (SSSR count). The number of benzene rings is 1. The Morgan fingerprint density at radius 2 is 1.50 bits per heavy atom. The van der Waals surface area contributed by atoms with Crippen molar-refractivity contribution >= 4 is 34.3 Å². The van der Waals surface area contributed by atoms with Crippen molar-refractivity contribution in [1.82, 2.24) is 0 Å². The molecule has 0 aliphatic carbocycles. The quantitative estimate of drug-likeness (QED) is 0.637. The third-order valence-electron chi connectivity index (χ3n) is 0.824. The van der Waals surface area contributed by atoms with Crippen molar-refractivity contribution in [3.05, 3.63) is 34.3 Å². The highest BCUT2D eigenvalue weighted by atomic mass is 35.5. The van der Waals surface area contributed by atoms with Crippen molar-refractivity contribution in [3.63, 3.8) is 0 Å². The largest absolute Gasteiger partial charge is 0.773 e. The first-order chi connectivity index (χ1) is 5.54. The van der Waals surface area contributed by atoms with Crippen LogP contribution in [0.25, 0.3) is 0 Å². The molecule has 0 saturated heterocycles. The highest BCUT2D eigenvalue weighted by molar-refractivity contribution is 7.78. The van der Waals surface area contributed by atoms with Crippen LogP contribution in [0.4, 0.5) is 0 Å². The Bertz CT molecular complexity index is 240. The molecule has 1 aromatic rings. The Kier molecular flexibility index (Phi) is 6.38. The van der Waals surface area contributed by atoms with Crippen molar-refractivity contribution in [2.45, 2.75) is 0 Å². The molecule has 12 heavy (non-hydrogen) atoms.